The van der Waals surface area contributed by atoms with Gasteiger partial charge in [0.2, 0.25) is 0 Å². The lowest BCUT2D eigenvalue weighted by Crippen LogP contribution is -3.00. The fraction of sp³-hybridized carbons (Fsp3) is 0.467. The average molecular weight is 752 g/mol. The van der Waals surface area contributed by atoms with Gasteiger partial charge in [-0.1, -0.05) is 61.2 Å². The van der Waals surface area contributed by atoms with Crippen LogP contribution in [-0.2, 0) is 10.8 Å². The number of rotatable bonds is 7. The number of piperidine rings is 2. The van der Waals surface area contributed by atoms with Crippen molar-refractivity contribution in [1.29, 1.82) is 0 Å². The van der Waals surface area contributed by atoms with E-state index in [0.29, 0.717) is 23.9 Å². The highest BCUT2D eigenvalue weighted by Crippen LogP contribution is 2.69. The minimum absolute atomic E-state index is 0. The first-order chi connectivity index (χ1) is 25.0. The van der Waals surface area contributed by atoms with Crippen LogP contribution in [0.2, 0.25) is 0 Å². The van der Waals surface area contributed by atoms with E-state index in [1.54, 1.807) is 22.3 Å². The smallest absolute Gasteiger partial charge is 0.103 e. The Labute approximate surface area is 327 Å². The third kappa shape index (κ3) is 4.10. The molecule has 9 aliphatic rings. The molecule has 2 N–H and O–H groups in total. The van der Waals surface area contributed by atoms with E-state index in [1.165, 1.54) is 35.5 Å². The number of benzene rings is 2. The average Bonchev–Trinajstić information content (AvgIpc) is 3.84. The number of aliphatic hydroxyl groups is 2. The molecule has 7 aliphatic heterocycles. The molecular weight excluding hydrogens is 699 g/mol. The normalized spacial score (nSPS) is 43.1. The van der Waals surface area contributed by atoms with Gasteiger partial charge in [0.05, 0.1) is 62.3 Å². The Morgan fingerprint density at radius 1 is 0.698 bits per heavy atom. The maximum Gasteiger partial charge on any atom is 0.103 e. The highest BCUT2D eigenvalue weighted by atomic mass is 35.5. The maximum atomic E-state index is 10.5. The summed E-state index contributed by atoms with van der Waals surface area (Å²) in [7, 11) is 0. The van der Waals surface area contributed by atoms with Crippen LogP contribution < -0.4 is 34.6 Å². The minimum atomic E-state index is 0. The largest absolute Gasteiger partial charge is 1.00 e. The van der Waals surface area contributed by atoms with Crippen molar-refractivity contribution in [3.63, 3.8) is 0 Å². The molecule has 0 radical (unpaired) electrons. The van der Waals surface area contributed by atoms with E-state index in [1.807, 2.05) is 0 Å². The fourth-order valence-corrected chi connectivity index (χ4v) is 14.7. The molecule has 0 amide bonds. The zero-order valence-electron chi connectivity index (χ0n) is 30.6. The van der Waals surface area contributed by atoms with Crippen molar-refractivity contribution in [3.8, 4) is 0 Å². The number of fused-ring (bicyclic) bond motifs is 8. The Hall–Kier alpha value is -3.10. The highest BCUT2D eigenvalue weighted by molar-refractivity contribution is 5.77. The van der Waals surface area contributed by atoms with Crippen molar-refractivity contribution in [1.82, 2.24) is 0 Å². The van der Waals surface area contributed by atoms with E-state index >= 15 is 0 Å². The van der Waals surface area contributed by atoms with Crippen molar-refractivity contribution < 1.29 is 44.0 Å². The molecule has 0 aromatic heterocycles. The highest BCUT2D eigenvalue weighted by Gasteiger charge is 2.75. The Morgan fingerprint density at radius 2 is 1.19 bits per heavy atom. The first kappa shape index (κ1) is 35.6. The van der Waals surface area contributed by atoms with Gasteiger partial charge in [0.15, 0.2) is 0 Å². The van der Waals surface area contributed by atoms with Crippen LogP contribution in [0.4, 0.5) is 11.4 Å². The topological polar surface area (TPSA) is 46.9 Å². The summed E-state index contributed by atoms with van der Waals surface area (Å²) >= 11 is 0. The molecule has 6 nitrogen and oxygen atoms in total. The van der Waals surface area contributed by atoms with Gasteiger partial charge in [-0.3, -0.25) is 0 Å². The van der Waals surface area contributed by atoms with Crippen molar-refractivity contribution >= 4 is 11.4 Å². The molecule has 2 saturated carbocycles. The van der Waals surface area contributed by atoms with Crippen molar-refractivity contribution in [3.05, 3.63) is 132 Å². The molecule has 278 valence electrons. The summed E-state index contributed by atoms with van der Waals surface area (Å²) in [5, 5.41) is 21.0. The lowest BCUT2D eigenvalue weighted by Gasteiger charge is -2.59. The Balaban J connectivity index is 0.00000186. The second kappa shape index (κ2) is 12.2. The Morgan fingerprint density at radius 3 is 1.70 bits per heavy atom. The summed E-state index contributed by atoms with van der Waals surface area (Å²) in [5.41, 5.74) is 11.9. The molecule has 11 rings (SSSR count). The van der Waals surface area contributed by atoms with Crippen LogP contribution in [0.15, 0.2) is 121 Å². The lowest BCUT2D eigenvalue weighted by atomic mass is 9.56. The van der Waals surface area contributed by atoms with E-state index in [9.17, 15) is 10.2 Å². The number of anilines is 2. The molecule has 2 unspecified atom stereocenters. The minimum Gasteiger partial charge on any atom is -1.00 e. The molecule has 6 fully saturated rings. The maximum absolute atomic E-state index is 10.5. The molecule has 2 aromatic rings. The van der Waals surface area contributed by atoms with E-state index in [-0.39, 0.29) is 60.9 Å². The zero-order valence-corrected chi connectivity index (χ0v) is 32.1. The molecule has 2 aliphatic carbocycles. The molecular formula is C45H52Cl2N4O2. The van der Waals surface area contributed by atoms with Gasteiger partial charge in [-0.2, -0.15) is 0 Å². The monoisotopic (exact) mass is 750 g/mol. The summed E-state index contributed by atoms with van der Waals surface area (Å²) in [6, 6.07) is 20.4. The van der Waals surface area contributed by atoms with E-state index < -0.39 is 0 Å². The van der Waals surface area contributed by atoms with Crippen LogP contribution in [0.1, 0.15) is 43.2 Å². The molecule has 4 bridgehead atoms. The molecule has 10 atom stereocenters. The first-order valence-electron chi connectivity index (χ1n) is 19.7. The number of quaternary nitrogens is 2. The second-order valence-electron chi connectivity index (χ2n) is 17.5. The van der Waals surface area contributed by atoms with Crippen molar-refractivity contribution in [2.45, 2.75) is 67.1 Å². The van der Waals surface area contributed by atoms with Crippen LogP contribution in [-0.4, -0.2) is 95.8 Å². The Bertz CT molecular complexity index is 2020. The van der Waals surface area contributed by atoms with Crippen molar-refractivity contribution in [2.75, 3.05) is 62.3 Å². The molecule has 8 heteroatoms. The first-order valence-corrected chi connectivity index (χ1v) is 19.7. The number of hydrogen-bond donors (Lipinski definition) is 2. The zero-order chi connectivity index (χ0) is 34.3. The number of halogens is 2. The molecule has 2 aromatic carbocycles. The van der Waals surface area contributed by atoms with Crippen LogP contribution in [0.5, 0.6) is 0 Å². The van der Waals surface area contributed by atoms with E-state index in [4.69, 9.17) is 0 Å². The van der Waals surface area contributed by atoms with Crippen LogP contribution in [0, 0.1) is 11.8 Å². The van der Waals surface area contributed by atoms with Crippen LogP contribution in [0.3, 0.4) is 0 Å². The van der Waals surface area contributed by atoms with Crippen LogP contribution >= 0.6 is 0 Å². The van der Waals surface area contributed by atoms with Gasteiger partial charge in [0.25, 0.3) is 0 Å². The third-order valence-corrected chi connectivity index (χ3v) is 16.2. The summed E-state index contributed by atoms with van der Waals surface area (Å²) in [5.74, 6) is 0.625. The van der Waals surface area contributed by atoms with E-state index in [0.717, 1.165) is 67.4 Å². The van der Waals surface area contributed by atoms with Crippen LogP contribution in [0.25, 0.3) is 0 Å². The summed E-state index contributed by atoms with van der Waals surface area (Å²) < 4.78 is 2.18. The molecule has 2 spiro atoms. The van der Waals surface area contributed by atoms with Gasteiger partial charge < -0.3 is 53.8 Å². The SMILES string of the molecule is C=CCC[N+]12CC[C@@]34c5ccccc5N5/C=C6\[C@@H]7N(/C=C(/[C@@H](C[C@@H]31)/C(=C/CO)C2)[C@H]54)c1ccccc1[C@@]71CC[N+]2(CC=C)CC(=CCO)[C@@H]6C[C@@H]12.[Cl-].[Cl-]. The molecule has 4 saturated heterocycles. The van der Waals surface area contributed by atoms with E-state index in [2.05, 4.69) is 108 Å². The fourth-order valence-electron chi connectivity index (χ4n) is 14.7. The summed E-state index contributed by atoms with van der Waals surface area (Å²) in [6.45, 7) is 15.1. The van der Waals surface area contributed by atoms with Gasteiger partial charge >= 0.3 is 0 Å². The quantitative estimate of drug-likeness (QED) is 0.307. The summed E-state index contributed by atoms with van der Waals surface area (Å²) in [6.07, 6.45) is 19.6. The lowest BCUT2D eigenvalue weighted by molar-refractivity contribution is -0.942. The number of nitrogens with zero attached hydrogens (tertiary/aromatic N) is 4. The number of hydrogen-bond acceptors (Lipinski definition) is 4. The second-order valence-corrected chi connectivity index (χ2v) is 17.5. The van der Waals surface area contributed by atoms with Gasteiger partial charge in [0.1, 0.15) is 25.2 Å². The standard InChI is InChI=1S/C45H52N4O2.2ClH/c1-3-5-19-49-21-17-45-37-11-7-9-13-39(37)47-26-34-32-24-40-44(16-20-48(40,18-4-2)28-30(32)14-22-50)36-10-6-8-12-38(36)46(42(34)44)27-35(43(45)47)33(25-41(45)49)31(29-49)15-23-51;;/h3-4,6-15,26-27,32-33,40-43,50-51H,1-2,5,16-25,28-29H2;2*1H/q+2;;/p-2/b30-14?,31-15+,34-26-,35-27-;;/t32-,33-,40-,41-,42-,43-,44+,45+,48?,49?;;/m0../s1. The van der Waals surface area contributed by atoms with Gasteiger partial charge in [-0.05, 0) is 51.6 Å². The van der Waals surface area contributed by atoms with Gasteiger partial charge in [0, 0.05) is 67.7 Å². The van der Waals surface area contributed by atoms with Gasteiger partial charge in [-0.15, -0.1) is 6.58 Å². The molecule has 53 heavy (non-hydrogen) atoms. The van der Waals surface area contributed by atoms with Crippen molar-refractivity contribution in [2.24, 2.45) is 11.8 Å². The Kier molecular flexibility index (Phi) is 8.19. The third-order valence-electron chi connectivity index (χ3n) is 16.2. The predicted molar refractivity (Wildman–Crippen MR) is 203 cm³/mol. The predicted octanol–water partition coefficient (Wildman–Crippen LogP) is -0.126. The number of para-hydroxylation sites is 2. The summed E-state index contributed by atoms with van der Waals surface area (Å²) in [4.78, 5) is 5.56. The molecule has 7 heterocycles. The van der Waals surface area contributed by atoms with Gasteiger partial charge in [-0.25, -0.2) is 0 Å². The number of aliphatic hydroxyl groups excluding tert-OH is 2.